The zero-order valence-electron chi connectivity index (χ0n) is 12.2. The van der Waals surface area contributed by atoms with E-state index in [2.05, 4.69) is 40.6 Å². The van der Waals surface area contributed by atoms with Crippen molar-refractivity contribution in [2.24, 2.45) is 0 Å². The van der Waals surface area contributed by atoms with Gasteiger partial charge in [0.1, 0.15) is 0 Å². The molecule has 0 aliphatic carbocycles. The van der Waals surface area contributed by atoms with Gasteiger partial charge in [0, 0.05) is 43.8 Å². The van der Waals surface area contributed by atoms with Gasteiger partial charge in [-0.2, -0.15) is 0 Å². The van der Waals surface area contributed by atoms with Gasteiger partial charge in [-0.3, -0.25) is 4.79 Å². The van der Waals surface area contributed by atoms with Crippen molar-refractivity contribution in [2.75, 3.05) is 12.4 Å². The Morgan fingerprint density at radius 2 is 2.10 bits per heavy atom. The van der Waals surface area contributed by atoms with Gasteiger partial charge in [-0.05, 0) is 43.2 Å². The first-order valence-electron chi connectivity index (χ1n) is 6.85. The molecule has 2 aromatic rings. The van der Waals surface area contributed by atoms with Gasteiger partial charge in [0.05, 0.1) is 0 Å². The van der Waals surface area contributed by atoms with Crippen LogP contribution in [0, 0.1) is 6.92 Å². The molecule has 0 saturated heterocycles. The van der Waals surface area contributed by atoms with Crippen molar-refractivity contribution in [3.8, 4) is 0 Å². The molecule has 0 unspecified atom stereocenters. The number of hydrogen-bond acceptors (Lipinski definition) is 2. The zero-order chi connectivity index (χ0) is 14.5. The van der Waals surface area contributed by atoms with E-state index in [0.29, 0.717) is 5.56 Å². The van der Waals surface area contributed by atoms with Gasteiger partial charge < -0.3 is 15.2 Å². The van der Waals surface area contributed by atoms with E-state index in [9.17, 15) is 4.79 Å². The summed E-state index contributed by atoms with van der Waals surface area (Å²) >= 11 is 0. The van der Waals surface area contributed by atoms with E-state index in [-0.39, 0.29) is 5.91 Å². The number of anilines is 1. The minimum atomic E-state index is -0.0646. The van der Waals surface area contributed by atoms with Gasteiger partial charge in [0.2, 0.25) is 0 Å². The molecule has 2 N–H and O–H groups in total. The molecule has 0 saturated carbocycles. The highest BCUT2D eigenvalue weighted by atomic mass is 16.1. The molecule has 0 radical (unpaired) electrons. The number of hydrogen-bond donors (Lipinski definition) is 2. The first kappa shape index (κ1) is 14.2. The smallest absolute Gasteiger partial charge is 0.251 e. The van der Waals surface area contributed by atoms with Crippen molar-refractivity contribution in [1.29, 1.82) is 0 Å². The number of aryl methyl sites for hydroxylation is 2. The summed E-state index contributed by atoms with van der Waals surface area (Å²) in [5.41, 5.74) is 4.03. The number of amides is 1. The second-order valence-electron chi connectivity index (χ2n) is 4.81. The second-order valence-corrected chi connectivity index (χ2v) is 4.81. The summed E-state index contributed by atoms with van der Waals surface area (Å²) < 4.78 is 2.14. The molecule has 106 valence electrons. The summed E-state index contributed by atoms with van der Waals surface area (Å²) in [5, 5.41) is 6.04. The van der Waals surface area contributed by atoms with Gasteiger partial charge >= 0.3 is 0 Å². The molecular formula is C16H21N3O. The van der Waals surface area contributed by atoms with Crippen LogP contribution in [-0.4, -0.2) is 17.5 Å². The molecule has 0 fully saturated rings. The van der Waals surface area contributed by atoms with Crippen LogP contribution in [0.5, 0.6) is 0 Å². The summed E-state index contributed by atoms with van der Waals surface area (Å²) in [6.07, 6.45) is 4.20. The molecule has 1 aromatic carbocycles. The van der Waals surface area contributed by atoms with Crippen LogP contribution in [-0.2, 0) is 13.1 Å². The van der Waals surface area contributed by atoms with Gasteiger partial charge in [0.15, 0.2) is 0 Å². The van der Waals surface area contributed by atoms with Gasteiger partial charge in [-0.1, -0.05) is 6.07 Å². The van der Waals surface area contributed by atoms with Crippen LogP contribution in [0.4, 0.5) is 5.69 Å². The highest BCUT2D eigenvalue weighted by molar-refractivity contribution is 5.95. The summed E-state index contributed by atoms with van der Waals surface area (Å²) in [7, 11) is 1.64. The first-order chi connectivity index (χ1) is 9.63. The summed E-state index contributed by atoms with van der Waals surface area (Å²) in [6.45, 7) is 5.89. The van der Waals surface area contributed by atoms with Crippen LogP contribution < -0.4 is 10.6 Å². The number of carbonyl (C=O) groups is 1. The standard InChI is InChI=1S/C16H21N3O/c1-4-19-8-7-13(11-19)10-18-15-9-14(16(20)17-3)6-5-12(15)2/h5-9,11,18H,4,10H2,1-3H3,(H,17,20). The van der Waals surface area contributed by atoms with E-state index in [1.165, 1.54) is 5.56 Å². The third kappa shape index (κ3) is 3.20. The Bertz CT molecular complexity index is 602. The maximum absolute atomic E-state index is 11.7. The molecule has 4 nitrogen and oxygen atoms in total. The topological polar surface area (TPSA) is 46.1 Å². The third-order valence-electron chi connectivity index (χ3n) is 3.39. The van der Waals surface area contributed by atoms with Crippen molar-refractivity contribution in [2.45, 2.75) is 26.9 Å². The van der Waals surface area contributed by atoms with Crippen molar-refractivity contribution < 1.29 is 4.79 Å². The molecule has 1 amide bonds. The van der Waals surface area contributed by atoms with Crippen molar-refractivity contribution in [1.82, 2.24) is 9.88 Å². The fourth-order valence-electron chi connectivity index (χ4n) is 2.09. The number of benzene rings is 1. The monoisotopic (exact) mass is 271 g/mol. The van der Waals surface area contributed by atoms with Crippen LogP contribution >= 0.6 is 0 Å². The van der Waals surface area contributed by atoms with Crippen LogP contribution in [0.2, 0.25) is 0 Å². The predicted octanol–water partition coefficient (Wildman–Crippen LogP) is 2.79. The number of nitrogens with zero attached hydrogens (tertiary/aromatic N) is 1. The number of nitrogens with one attached hydrogen (secondary N) is 2. The normalized spacial score (nSPS) is 10.3. The predicted molar refractivity (Wildman–Crippen MR) is 82.0 cm³/mol. The molecule has 1 heterocycles. The van der Waals surface area contributed by atoms with E-state index in [0.717, 1.165) is 24.3 Å². The Balaban J connectivity index is 2.10. The SMILES string of the molecule is CCn1ccc(CNc2cc(C(=O)NC)ccc2C)c1. The number of carbonyl (C=O) groups excluding carboxylic acids is 1. The van der Waals surface area contributed by atoms with Gasteiger partial charge in [0.25, 0.3) is 5.91 Å². The largest absolute Gasteiger partial charge is 0.381 e. The molecular weight excluding hydrogens is 250 g/mol. The minimum absolute atomic E-state index is 0.0646. The fraction of sp³-hybridized carbons (Fsp3) is 0.312. The molecule has 0 spiro atoms. The van der Waals surface area contributed by atoms with Gasteiger partial charge in [-0.15, -0.1) is 0 Å². The third-order valence-corrected chi connectivity index (χ3v) is 3.39. The van der Waals surface area contributed by atoms with Crippen molar-refractivity contribution in [3.05, 3.63) is 53.3 Å². The quantitative estimate of drug-likeness (QED) is 0.878. The number of rotatable bonds is 5. The van der Waals surface area contributed by atoms with E-state index >= 15 is 0 Å². The molecule has 2 rings (SSSR count). The molecule has 20 heavy (non-hydrogen) atoms. The Labute approximate surface area is 119 Å². The lowest BCUT2D eigenvalue weighted by Crippen LogP contribution is -2.18. The lowest BCUT2D eigenvalue weighted by Gasteiger charge is -2.10. The lowest BCUT2D eigenvalue weighted by molar-refractivity contribution is 0.0963. The van der Waals surface area contributed by atoms with E-state index in [1.807, 2.05) is 25.1 Å². The fourth-order valence-corrected chi connectivity index (χ4v) is 2.09. The maximum atomic E-state index is 11.7. The molecule has 0 bridgehead atoms. The average molecular weight is 271 g/mol. The highest BCUT2D eigenvalue weighted by Gasteiger charge is 2.06. The van der Waals surface area contributed by atoms with Crippen LogP contribution in [0.3, 0.4) is 0 Å². The summed E-state index contributed by atoms with van der Waals surface area (Å²) in [4.78, 5) is 11.7. The van der Waals surface area contributed by atoms with Crippen LogP contribution in [0.15, 0.2) is 36.7 Å². The number of aromatic nitrogens is 1. The van der Waals surface area contributed by atoms with E-state index < -0.39 is 0 Å². The average Bonchev–Trinajstić information content (AvgIpc) is 2.93. The summed E-state index contributed by atoms with van der Waals surface area (Å²) in [6, 6.07) is 7.80. The minimum Gasteiger partial charge on any atom is -0.381 e. The lowest BCUT2D eigenvalue weighted by atomic mass is 10.1. The highest BCUT2D eigenvalue weighted by Crippen LogP contribution is 2.18. The molecule has 4 heteroatoms. The Morgan fingerprint density at radius 3 is 2.75 bits per heavy atom. The summed E-state index contributed by atoms with van der Waals surface area (Å²) in [5.74, 6) is -0.0646. The zero-order valence-corrected chi connectivity index (χ0v) is 12.2. The molecule has 0 atom stereocenters. The van der Waals surface area contributed by atoms with E-state index in [4.69, 9.17) is 0 Å². The molecule has 0 aliphatic heterocycles. The Morgan fingerprint density at radius 1 is 1.30 bits per heavy atom. The van der Waals surface area contributed by atoms with E-state index in [1.54, 1.807) is 7.05 Å². The second kappa shape index (κ2) is 6.28. The first-order valence-corrected chi connectivity index (χ1v) is 6.85. The van der Waals surface area contributed by atoms with Crippen molar-refractivity contribution in [3.63, 3.8) is 0 Å². The van der Waals surface area contributed by atoms with Crippen LogP contribution in [0.25, 0.3) is 0 Å². The van der Waals surface area contributed by atoms with Crippen LogP contribution in [0.1, 0.15) is 28.4 Å². The molecule has 1 aromatic heterocycles. The Kier molecular flexibility index (Phi) is 4.45. The molecule has 0 aliphatic rings. The Hall–Kier alpha value is -2.23. The van der Waals surface area contributed by atoms with Crippen molar-refractivity contribution >= 4 is 11.6 Å². The maximum Gasteiger partial charge on any atom is 0.251 e. The van der Waals surface area contributed by atoms with Gasteiger partial charge in [-0.25, -0.2) is 0 Å².